The van der Waals surface area contributed by atoms with Gasteiger partial charge in [-0.1, -0.05) is 25.1 Å². The molecule has 0 unspecified atom stereocenters. The molecule has 1 aliphatic rings. The zero-order valence-corrected chi connectivity index (χ0v) is 16.2. The number of carbonyl (C=O) groups excluding carboxylic acids is 1. The highest BCUT2D eigenvalue weighted by Gasteiger charge is 2.20. The quantitative estimate of drug-likeness (QED) is 0.712. The Morgan fingerprint density at radius 3 is 2.86 bits per heavy atom. The highest BCUT2D eigenvalue weighted by atomic mass is 16.3. The molecule has 0 spiro atoms. The zero-order valence-electron chi connectivity index (χ0n) is 16.2. The van der Waals surface area contributed by atoms with Crippen molar-refractivity contribution in [1.29, 1.82) is 0 Å². The van der Waals surface area contributed by atoms with E-state index in [4.69, 9.17) is 4.42 Å². The molecule has 6 heteroatoms. The maximum atomic E-state index is 12.9. The van der Waals surface area contributed by atoms with Gasteiger partial charge in [-0.25, -0.2) is 4.68 Å². The van der Waals surface area contributed by atoms with E-state index in [-0.39, 0.29) is 5.91 Å². The molecule has 3 aromatic rings. The Labute approximate surface area is 165 Å². The third-order valence-corrected chi connectivity index (χ3v) is 5.17. The SMILES string of the molecule is C[C@@H]1CCCN(CCNC(=O)c2cc(-c3ccco3)nn2-c2ccccc2)C1. The molecule has 1 aliphatic heterocycles. The lowest BCUT2D eigenvalue weighted by Gasteiger charge is -2.30. The molecule has 4 rings (SSSR count). The summed E-state index contributed by atoms with van der Waals surface area (Å²) < 4.78 is 7.14. The molecule has 0 saturated carbocycles. The summed E-state index contributed by atoms with van der Waals surface area (Å²) >= 11 is 0. The van der Waals surface area contributed by atoms with Gasteiger partial charge in [-0.2, -0.15) is 5.10 Å². The van der Waals surface area contributed by atoms with E-state index in [2.05, 4.69) is 22.2 Å². The van der Waals surface area contributed by atoms with Crippen molar-refractivity contribution in [2.24, 2.45) is 5.92 Å². The van der Waals surface area contributed by atoms with Crippen molar-refractivity contribution in [3.05, 3.63) is 60.5 Å². The number of benzene rings is 1. The van der Waals surface area contributed by atoms with Crippen LogP contribution < -0.4 is 5.32 Å². The van der Waals surface area contributed by atoms with E-state index >= 15 is 0 Å². The predicted octanol–water partition coefficient (Wildman–Crippen LogP) is 3.59. The lowest BCUT2D eigenvalue weighted by molar-refractivity contribution is 0.0936. The summed E-state index contributed by atoms with van der Waals surface area (Å²) in [6.07, 6.45) is 4.15. The van der Waals surface area contributed by atoms with Gasteiger partial charge in [0.25, 0.3) is 5.91 Å². The normalized spacial score (nSPS) is 17.5. The Balaban J connectivity index is 1.50. The van der Waals surface area contributed by atoms with Crippen molar-refractivity contribution >= 4 is 5.91 Å². The van der Waals surface area contributed by atoms with E-state index in [1.165, 1.54) is 12.8 Å². The number of hydrogen-bond donors (Lipinski definition) is 1. The summed E-state index contributed by atoms with van der Waals surface area (Å²) in [7, 11) is 0. The van der Waals surface area contributed by atoms with Gasteiger partial charge in [0.05, 0.1) is 12.0 Å². The number of amides is 1. The van der Waals surface area contributed by atoms with Crippen LogP contribution in [0.25, 0.3) is 17.1 Å². The van der Waals surface area contributed by atoms with Gasteiger partial charge in [0, 0.05) is 25.7 Å². The van der Waals surface area contributed by atoms with Crippen molar-refractivity contribution in [3.63, 3.8) is 0 Å². The van der Waals surface area contributed by atoms with Crippen LogP contribution in [0.5, 0.6) is 0 Å². The maximum Gasteiger partial charge on any atom is 0.270 e. The van der Waals surface area contributed by atoms with Crippen LogP contribution in [0.2, 0.25) is 0 Å². The van der Waals surface area contributed by atoms with Crippen LogP contribution in [-0.2, 0) is 0 Å². The number of carbonyl (C=O) groups is 1. The molecular weight excluding hydrogens is 352 g/mol. The molecule has 28 heavy (non-hydrogen) atoms. The first-order chi connectivity index (χ1) is 13.7. The maximum absolute atomic E-state index is 12.9. The molecule has 1 N–H and O–H groups in total. The van der Waals surface area contributed by atoms with Gasteiger partial charge in [0.2, 0.25) is 0 Å². The number of piperidine rings is 1. The minimum Gasteiger partial charge on any atom is -0.463 e. The van der Waals surface area contributed by atoms with E-state index in [1.54, 1.807) is 17.0 Å². The topological polar surface area (TPSA) is 63.3 Å². The predicted molar refractivity (Wildman–Crippen MR) is 108 cm³/mol. The second kappa shape index (κ2) is 8.44. The second-order valence-electron chi connectivity index (χ2n) is 7.44. The van der Waals surface area contributed by atoms with Crippen LogP contribution in [0.15, 0.2) is 59.2 Å². The smallest absolute Gasteiger partial charge is 0.270 e. The van der Waals surface area contributed by atoms with Gasteiger partial charge < -0.3 is 14.6 Å². The number of para-hydroxylation sites is 1. The summed E-state index contributed by atoms with van der Waals surface area (Å²) in [6.45, 7) is 6.02. The number of likely N-dealkylation sites (tertiary alicyclic amines) is 1. The van der Waals surface area contributed by atoms with Crippen molar-refractivity contribution in [3.8, 4) is 17.1 Å². The molecule has 0 radical (unpaired) electrons. The summed E-state index contributed by atoms with van der Waals surface area (Å²) in [5.74, 6) is 1.25. The fourth-order valence-electron chi connectivity index (χ4n) is 3.76. The van der Waals surface area contributed by atoms with Crippen LogP contribution in [0, 0.1) is 5.92 Å². The molecule has 6 nitrogen and oxygen atoms in total. The van der Waals surface area contributed by atoms with Crippen molar-refractivity contribution in [2.45, 2.75) is 19.8 Å². The molecule has 2 aromatic heterocycles. The fraction of sp³-hybridized carbons (Fsp3) is 0.364. The van der Waals surface area contributed by atoms with Gasteiger partial charge in [0.15, 0.2) is 5.76 Å². The summed E-state index contributed by atoms with van der Waals surface area (Å²) in [5, 5.41) is 7.66. The highest BCUT2D eigenvalue weighted by Crippen LogP contribution is 2.22. The van der Waals surface area contributed by atoms with E-state index in [9.17, 15) is 4.79 Å². The average Bonchev–Trinajstić information content (AvgIpc) is 3.38. The number of aromatic nitrogens is 2. The lowest BCUT2D eigenvalue weighted by Crippen LogP contribution is -2.40. The first-order valence-corrected chi connectivity index (χ1v) is 9.90. The molecule has 146 valence electrons. The monoisotopic (exact) mass is 378 g/mol. The fourth-order valence-corrected chi connectivity index (χ4v) is 3.76. The van der Waals surface area contributed by atoms with Gasteiger partial charge in [-0.3, -0.25) is 4.79 Å². The zero-order chi connectivity index (χ0) is 19.3. The first-order valence-electron chi connectivity index (χ1n) is 9.90. The van der Waals surface area contributed by atoms with E-state index < -0.39 is 0 Å². The van der Waals surface area contributed by atoms with Crippen LogP contribution >= 0.6 is 0 Å². The molecule has 1 amide bonds. The van der Waals surface area contributed by atoms with Crippen LogP contribution in [0.3, 0.4) is 0 Å². The summed E-state index contributed by atoms with van der Waals surface area (Å²) in [5.41, 5.74) is 1.99. The van der Waals surface area contributed by atoms with Gasteiger partial charge in [-0.15, -0.1) is 0 Å². The number of furan rings is 1. The molecule has 1 fully saturated rings. The molecular formula is C22H26N4O2. The lowest BCUT2D eigenvalue weighted by atomic mass is 10.0. The number of nitrogens with one attached hydrogen (secondary N) is 1. The number of nitrogens with zero attached hydrogens (tertiary/aromatic N) is 3. The number of hydrogen-bond acceptors (Lipinski definition) is 4. The summed E-state index contributed by atoms with van der Waals surface area (Å²) in [4.78, 5) is 15.3. The third-order valence-electron chi connectivity index (χ3n) is 5.17. The Bertz CT molecular complexity index is 902. The average molecular weight is 378 g/mol. The molecule has 0 bridgehead atoms. The molecule has 3 heterocycles. The second-order valence-corrected chi connectivity index (χ2v) is 7.44. The molecule has 1 aromatic carbocycles. The summed E-state index contributed by atoms with van der Waals surface area (Å²) in [6, 6.07) is 15.1. The minimum atomic E-state index is -0.126. The largest absolute Gasteiger partial charge is 0.463 e. The number of rotatable bonds is 6. The Morgan fingerprint density at radius 1 is 1.25 bits per heavy atom. The van der Waals surface area contributed by atoms with Crippen molar-refractivity contribution in [1.82, 2.24) is 20.0 Å². The highest BCUT2D eigenvalue weighted by molar-refractivity contribution is 5.94. The van der Waals surface area contributed by atoms with E-state index in [1.807, 2.05) is 42.5 Å². The van der Waals surface area contributed by atoms with E-state index in [0.717, 1.165) is 31.2 Å². The Morgan fingerprint density at radius 2 is 2.11 bits per heavy atom. The van der Waals surface area contributed by atoms with Crippen LogP contribution in [0.4, 0.5) is 0 Å². The van der Waals surface area contributed by atoms with Crippen molar-refractivity contribution < 1.29 is 9.21 Å². The van der Waals surface area contributed by atoms with Crippen LogP contribution in [-0.4, -0.2) is 46.8 Å². The standard InChI is InChI=1S/C22H26N4O2/c1-17-7-5-12-25(16-17)13-11-23-22(27)20-15-19(21-10-6-14-28-21)24-26(20)18-8-3-2-4-9-18/h2-4,6,8-10,14-15,17H,5,7,11-13,16H2,1H3,(H,23,27)/t17-/m1/s1. The third kappa shape index (κ3) is 4.17. The molecule has 1 saturated heterocycles. The Hall–Kier alpha value is -2.86. The van der Waals surface area contributed by atoms with Crippen LogP contribution in [0.1, 0.15) is 30.3 Å². The molecule has 1 atom stereocenters. The van der Waals surface area contributed by atoms with Gasteiger partial charge in [0.1, 0.15) is 11.4 Å². The van der Waals surface area contributed by atoms with E-state index in [0.29, 0.717) is 23.7 Å². The first kappa shape index (κ1) is 18.5. The van der Waals surface area contributed by atoms with Gasteiger partial charge >= 0.3 is 0 Å². The molecule has 0 aliphatic carbocycles. The van der Waals surface area contributed by atoms with Gasteiger partial charge in [-0.05, 0) is 49.6 Å². The Kier molecular flexibility index (Phi) is 5.58. The minimum absolute atomic E-state index is 0.126. The van der Waals surface area contributed by atoms with Crippen molar-refractivity contribution in [2.75, 3.05) is 26.2 Å².